The highest BCUT2D eigenvalue weighted by molar-refractivity contribution is 7.99. The zero-order valence-electron chi connectivity index (χ0n) is 11.3. The predicted octanol–water partition coefficient (Wildman–Crippen LogP) is 4.32. The summed E-state index contributed by atoms with van der Waals surface area (Å²) in [6, 6.07) is 8.90. The normalized spacial score (nSPS) is 12.6. The second-order valence-electron chi connectivity index (χ2n) is 4.63. The summed E-state index contributed by atoms with van der Waals surface area (Å²) >= 11 is 1.99. The van der Waals surface area contributed by atoms with Gasteiger partial charge in [-0.1, -0.05) is 45.7 Å². The van der Waals surface area contributed by atoms with E-state index in [1.165, 1.54) is 29.1 Å². The highest BCUT2D eigenvalue weighted by Gasteiger charge is 2.02. The van der Waals surface area contributed by atoms with Gasteiger partial charge >= 0.3 is 0 Å². The Morgan fingerprint density at radius 2 is 2.12 bits per heavy atom. The molecule has 1 atom stereocenters. The summed E-state index contributed by atoms with van der Waals surface area (Å²) in [5.41, 5.74) is 1.39. The zero-order valence-corrected chi connectivity index (χ0v) is 12.1. The van der Waals surface area contributed by atoms with Crippen LogP contribution < -0.4 is 5.32 Å². The summed E-state index contributed by atoms with van der Waals surface area (Å²) in [6.07, 6.45) is 2.63. The number of nitrogens with one attached hydrogen (secondary N) is 1. The van der Waals surface area contributed by atoms with Crippen LogP contribution in [0.5, 0.6) is 0 Å². The molecule has 1 rings (SSSR count). The van der Waals surface area contributed by atoms with Gasteiger partial charge in [-0.2, -0.15) is 0 Å². The quantitative estimate of drug-likeness (QED) is 0.690. The summed E-state index contributed by atoms with van der Waals surface area (Å²) in [5.74, 6) is 2.06. The Bertz CT molecular complexity index is 312. The van der Waals surface area contributed by atoms with E-state index in [2.05, 4.69) is 50.4 Å². The average molecular weight is 251 g/mol. The van der Waals surface area contributed by atoms with Gasteiger partial charge in [-0.3, -0.25) is 0 Å². The largest absolute Gasteiger partial charge is 0.313 e. The van der Waals surface area contributed by atoms with Crippen LogP contribution in [0, 0.1) is 5.92 Å². The second kappa shape index (κ2) is 8.60. The molecule has 1 N–H and O–H groups in total. The minimum atomic E-state index is 0.822. The third kappa shape index (κ3) is 6.13. The van der Waals surface area contributed by atoms with Crippen LogP contribution in [-0.4, -0.2) is 12.3 Å². The highest BCUT2D eigenvalue weighted by Crippen LogP contribution is 2.23. The van der Waals surface area contributed by atoms with Gasteiger partial charge in [-0.15, -0.1) is 11.8 Å². The van der Waals surface area contributed by atoms with E-state index in [4.69, 9.17) is 0 Å². The van der Waals surface area contributed by atoms with E-state index in [0.717, 1.165) is 19.0 Å². The Morgan fingerprint density at radius 3 is 2.82 bits per heavy atom. The molecule has 96 valence electrons. The van der Waals surface area contributed by atoms with Crippen molar-refractivity contribution in [2.24, 2.45) is 5.92 Å². The van der Waals surface area contributed by atoms with Crippen molar-refractivity contribution in [3.8, 4) is 0 Å². The topological polar surface area (TPSA) is 12.0 Å². The van der Waals surface area contributed by atoms with Gasteiger partial charge < -0.3 is 5.32 Å². The molecule has 0 spiro atoms. The summed E-state index contributed by atoms with van der Waals surface area (Å²) in [6.45, 7) is 8.77. The Hall–Kier alpha value is -0.470. The smallest absolute Gasteiger partial charge is 0.0205 e. The Kier molecular flexibility index (Phi) is 7.38. The van der Waals surface area contributed by atoms with E-state index in [9.17, 15) is 0 Å². The van der Waals surface area contributed by atoms with Crippen molar-refractivity contribution >= 4 is 11.8 Å². The maximum absolute atomic E-state index is 3.37. The van der Waals surface area contributed by atoms with Crippen molar-refractivity contribution < 1.29 is 0 Å². The summed E-state index contributed by atoms with van der Waals surface area (Å²) in [4.78, 5) is 1.41. The van der Waals surface area contributed by atoms with E-state index >= 15 is 0 Å². The molecule has 1 nitrogen and oxygen atoms in total. The maximum atomic E-state index is 3.37. The first kappa shape index (κ1) is 14.6. The van der Waals surface area contributed by atoms with Crippen molar-refractivity contribution in [2.75, 3.05) is 12.3 Å². The van der Waals surface area contributed by atoms with Crippen LogP contribution in [0.3, 0.4) is 0 Å². The van der Waals surface area contributed by atoms with E-state index in [1.54, 1.807) is 0 Å². The summed E-state index contributed by atoms with van der Waals surface area (Å²) in [7, 11) is 0. The Balaban J connectivity index is 2.42. The Labute approximate surface area is 110 Å². The molecule has 0 bridgehead atoms. The first-order valence-corrected chi connectivity index (χ1v) is 7.67. The van der Waals surface area contributed by atoms with Crippen LogP contribution in [0.1, 0.15) is 39.2 Å². The molecular weight excluding hydrogens is 226 g/mol. The molecular formula is C15H25NS. The van der Waals surface area contributed by atoms with Gasteiger partial charge in [0.2, 0.25) is 0 Å². The molecule has 0 aliphatic carbocycles. The molecule has 1 aromatic rings. The van der Waals surface area contributed by atoms with Gasteiger partial charge in [-0.25, -0.2) is 0 Å². The molecule has 0 radical (unpaired) electrons. The van der Waals surface area contributed by atoms with Crippen LogP contribution in [0.4, 0.5) is 0 Å². The molecule has 0 saturated heterocycles. The van der Waals surface area contributed by atoms with E-state index in [-0.39, 0.29) is 0 Å². The lowest BCUT2D eigenvalue weighted by Crippen LogP contribution is -2.11. The van der Waals surface area contributed by atoms with Crippen LogP contribution in [0.15, 0.2) is 29.2 Å². The minimum Gasteiger partial charge on any atom is -0.313 e. The Morgan fingerprint density at radius 1 is 1.29 bits per heavy atom. The number of thioether (sulfide) groups is 1. The van der Waals surface area contributed by atoms with E-state index < -0.39 is 0 Å². The molecule has 1 unspecified atom stereocenters. The van der Waals surface area contributed by atoms with Crippen molar-refractivity contribution in [1.29, 1.82) is 0 Å². The third-order valence-corrected chi connectivity index (χ3v) is 4.12. The van der Waals surface area contributed by atoms with Crippen LogP contribution in [0.2, 0.25) is 0 Å². The highest BCUT2D eigenvalue weighted by atomic mass is 32.2. The average Bonchev–Trinajstić information content (AvgIpc) is 2.35. The van der Waals surface area contributed by atoms with Crippen molar-refractivity contribution in [3.05, 3.63) is 29.8 Å². The lowest BCUT2D eigenvalue weighted by atomic mass is 10.1. The van der Waals surface area contributed by atoms with Crippen LogP contribution >= 0.6 is 11.8 Å². The number of rotatable bonds is 8. The molecule has 0 saturated carbocycles. The predicted molar refractivity (Wildman–Crippen MR) is 78.6 cm³/mol. The van der Waals surface area contributed by atoms with Gasteiger partial charge in [0.15, 0.2) is 0 Å². The maximum Gasteiger partial charge on any atom is 0.0205 e. The van der Waals surface area contributed by atoms with Crippen LogP contribution in [0.25, 0.3) is 0 Å². The van der Waals surface area contributed by atoms with Crippen LogP contribution in [-0.2, 0) is 6.54 Å². The number of benzene rings is 1. The monoisotopic (exact) mass is 251 g/mol. The lowest BCUT2D eigenvalue weighted by molar-refractivity contribution is 0.585. The number of hydrogen-bond donors (Lipinski definition) is 1. The minimum absolute atomic E-state index is 0.822. The second-order valence-corrected chi connectivity index (χ2v) is 5.73. The molecule has 2 heteroatoms. The van der Waals surface area contributed by atoms with E-state index in [0.29, 0.717) is 0 Å². The summed E-state index contributed by atoms with van der Waals surface area (Å²) < 4.78 is 0. The van der Waals surface area contributed by atoms with Gasteiger partial charge in [0.05, 0.1) is 0 Å². The molecule has 1 aromatic carbocycles. The molecule has 0 heterocycles. The first-order valence-electron chi connectivity index (χ1n) is 6.68. The standard InChI is InChI=1S/C15H25NS/c1-4-7-13(3)12-17-15-9-6-8-14(10-15)11-16-5-2/h6,8-10,13,16H,4-5,7,11-12H2,1-3H3. The molecule has 0 aliphatic heterocycles. The van der Waals surface area contributed by atoms with Crippen molar-refractivity contribution in [3.63, 3.8) is 0 Å². The SMILES string of the molecule is CCCC(C)CSc1cccc(CNCC)c1. The third-order valence-electron chi connectivity index (χ3n) is 2.79. The molecule has 0 amide bonds. The van der Waals surface area contributed by atoms with Crippen molar-refractivity contribution in [1.82, 2.24) is 5.32 Å². The fraction of sp³-hybridized carbons (Fsp3) is 0.600. The van der Waals surface area contributed by atoms with Gasteiger partial charge in [0.25, 0.3) is 0 Å². The van der Waals surface area contributed by atoms with Gasteiger partial charge in [0, 0.05) is 17.2 Å². The summed E-state index contributed by atoms with van der Waals surface area (Å²) in [5, 5.41) is 3.37. The molecule has 0 fully saturated rings. The van der Waals surface area contributed by atoms with Crippen molar-refractivity contribution in [2.45, 2.75) is 45.1 Å². The fourth-order valence-corrected chi connectivity index (χ4v) is 2.88. The molecule has 0 aliphatic rings. The molecule has 17 heavy (non-hydrogen) atoms. The fourth-order valence-electron chi connectivity index (χ4n) is 1.83. The van der Waals surface area contributed by atoms with E-state index in [1.807, 2.05) is 11.8 Å². The molecule has 0 aromatic heterocycles. The number of hydrogen-bond acceptors (Lipinski definition) is 2. The lowest BCUT2D eigenvalue weighted by Gasteiger charge is -2.10. The van der Waals surface area contributed by atoms with Gasteiger partial charge in [0.1, 0.15) is 0 Å². The zero-order chi connectivity index (χ0) is 12.5. The first-order chi connectivity index (χ1) is 8.26. The van der Waals surface area contributed by atoms with Gasteiger partial charge in [-0.05, 0) is 30.2 Å².